The van der Waals surface area contributed by atoms with Gasteiger partial charge < -0.3 is 5.32 Å². The summed E-state index contributed by atoms with van der Waals surface area (Å²) in [6.45, 7) is 11.6. The third-order valence-corrected chi connectivity index (χ3v) is 3.83. The first-order valence-electron chi connectivity index (χ1n) is 7.49. The molecule has 3 nitrogen and oxygen atoms in total. The van der Waals surface area contributed by atoms with Crippen LogP contribution in [0.4, 0.5) is 0 Å². The van der Waals surface area contributed by atoms with Gasteiger partial charge in [-0.2, -0.15) is 0 Å². The molecule has 1 fully saturated rings. The van der Waals surface area contributed by atoms with Crippen LogP contribution in [0.2, 0.25) is 0 Å². The molecule has 1 aliphatic heterocycles. The number of likely N-dealkylation sites (tertiary alicyclic amines) is 1. The Morgan fingerprint density at radius 2 is 1.83 bits per heavy atom. The van der Waals surface area contributed by atoms with Gasteiger partial charge in [-0.25, -0.2) is 0 Å². The van der Waals surface area contributed by atoms with Crippen LogP contribution in [0.25, 0.3) is 0 Å². The second-order valence-electron chi connectivity index (χ2n) is 6.40. The van der Waals surface area contributed by atoms with E-state index >= 15 is 0 Å². The summed E-state index contributed by atoms with van der Waals surface area (Å²) < 4.78 is 0. The third kappa shape index (κ3) is 6.39. The number of carbonyl (C=O) groups is 1. The van der Waals surface area contributed by atoms with E-state index < -0.39 is 0 Å². The fourth-order valence-corrected chi connectivity index (χ4v) is 2.40. The Morgan fingerprint density at radius 3 is 2.39 bits per heavy atom. The van der Waals surface area contributed by atoms with E-state index in [2.05, 4.69) is 37.9 Å². The topological polar surface area (TPSA) is 32.3 Å². The van der Waals surface area contributed by atoms with Crippen LogP contribution in [-0.2, 0) is 4.79 Å². The predicted molar refractivity (Wildman–Crippen MR) is 76.5 cm³/mol. The molecule has 1 atom stereocenters. The van der Waals surface area contributed by atoms with Crippen LogP contribution in [0.1, 0.15) is 53.4 Å². The van der Waals surface area contributed by atoms with Crippen molar-refractivity contribution in [2.45, 2.75) is 59.4 Å². The van der Waals surface area contributed by atoms with Crippen molar-refractivity contribution in [3.8, 4) is 0 Å². The summed E-state index contributed by atoms with van der Waals surface area (Å²) >= 11 is 0. The van der Waals surface area contributed by atoms with Crippen molar-refractivity contribution in [2.24, 2.45) is 11.8 Å². The first kappa shape index (κ1) is 15.5. The van der Waals surface area contributed by atoms with Crippen molar-refractivity contribution in [1.29, 1.82) is 0 Å². The molecule has 18 heavy (non-hydrogen) atoms. The highest BCUT2D eigenvalue weighted by molar-refractivity contribution is 5.78. The lowest BCUT2D eigenvalue weighted by Gasteiger charge is -2.30. The lowest BCUT2D eigenvalue weighted by Crippen LogP contribution is -2.43. The van der Waals surface area contributed by atoms with Gasteiger partial charge in [-0.1, -0.05) is 20.8 Å². The molecule has 0 aromatic heterocycles. The number of nitrogens with one attached hydrogen (secondary N) is 1. The molecule has 3 heteroatoms. The molecule has 1 aliphatic rings. The minimum Gasteiger partial charge on any atom is -0.353 e. The molecule has 1 rings (SSSR count). The molecular formula is C15H30N2O. The van der Waals surface area contributed by atoms with Gasteiger partial charge in [0, 0.05) is 6.04 Å². The number of rotatable bonds is 6. The Labute approximate surface area is 112 Å². The van der Waals surface area contributed by atoms with Gasteiger partial charge in [0.2, 0.25) is 5.91 Å². The Morgan fingerprint density at radius 1 is 1.22 bits per heavy atom. The fourth-order valence-electron chi connectivity index (χ4n) is 2.40. The van der Waals surface area contributed by atoms with Crippen molar-refractivity contribution >= 4 is 5.91 Å². The summed E-state index contributed by atoms with van der Waals surface area (Å²) in [4.78, 5) is 14.2. The Bertz CT molecular complexity index is 245. The van der Waals surface area contributed by atoms with Gasteiger partial charge in [-0.3, -0.25) is 9.69 Å². The number of piperidine rings is 1. The minimum absolute atomic E-state index is 0.195. The van der Waals surface area contributed by atoms with Gasteiger partial charge in [0.15, 0.2) is 0 Å². The third-order valence-electron chi connectivity index (χ3n) is 3.83. The minimum atomic E-state index is 0.195. The van der Waals surface area contributed by atoms with E-state index in [0.29, 0.717) is 18.5 Å². The molecule has 0 aromatic rings. The maximum absolute atomic E-state index is 11.9. The van der Waals surface area contributed by atoms with Crippen molar-refractivity contribution in [3.63, 3.8) is 0 Å². The molecule has 1 N–H and O–H groups in total. The van der Waals surface area contributed by atoms with E-state index in [4.69, 9.17) is 0 Å². The average Bonchev–Trinajstić information content (AvgIpc) is 2.29. The Hall–Kier alpha value is -0.570. The number of amides is 1. The summed E-state index contributed by atoms with van der Waals surface area (Å²) in [6.07, 6.45) is 4.73. The van der Waals surface area contributed by atoms with Crippen molar-refractivity contribution in [3.05, 3.63) is 0 Å². The molecule has 106 valence electrons. The summed E-state index contributed by atoms with van der Waals surface area (Å²) in [6, 6.07) is 0.309. The maximum atomic E-state index is 11.9. The molecule has 0 spiro atoms. The molecule has 0 aromatic carbocycles. The molecule has 1 heterocycles. The highest BCUT2D eigenvalue weighted by Crippen LogP contribution is 2.15. The highest BCUT2D eigenvalue weighted by Gasteiger charge is 2.18. The van der Waals surface area contributed by atoms with Gasteiger partial charge in [-0.15, -0.1) is 0 Å². The van der Waals surface area contributed by atoms with Crippen LogP contribution in [0.15, 0.2) is 0 Å². The highest BCUT2D eigenvalue weighted by atomic mass is 16.2. The molecule has 1 saturated heterocycles. The molecule has 0 saturated carbocycles. The lowest BCUT2D eigenvalue weighted by molar-refractivity contribution is -0.123. The van der Waals surface area contributed by atoms with Crippen molar-refractivity contribution < 1.29 is 4.79 Å². The van der Waals surface area contributed by atoms with Gasteiger partial charge >= 0.3 is 0 Å². The van der Waals surface area contributed by atoms with Gasteiger partial charge in [0.05, 0.1) is 6.54 Å². The van der Waals surface area contributed by atoms with Crippen LogP contribution in [-0.4, -0.2) is 36.5 Å². The van der Waals surface area contributed by atoms with Crippen molar-refractivity contribution in [2.75, 3.05) is 19.6 Å². The van der Waals surface area contributed by atoms with Crippen LogP contribution in [0.5, 0.6) is 0 Å². The molecule has 1 amide bonds. The van der Waals surface area contributed by atoms with E-state index in [-0.39, 0.29) is 5.91 Å². The first-order valence-corrected chi connectivity index (χ1v) is 7.49. The molecule has 0 bridgehead atoms. The smallest absolute Gasteiger partial charge is 0.234 e. The zero-order chi connectivity index (χ0) is 13.5. The summed E-state index contributed by atoms with van der Waals surface area (Å²) in [5.74, 6) is 1.74. The molecule has 0 radical (unpaired) electrons. The van der Waals surface area contributed by atoms with E-state index in [9.17, 15) is 4.79 Å². The normalized spacial score (nSPS) is 20.1. The first-order chi connectivity index (χ1) is 8.47. The van der Waals surface area contributed by atoms with E-state index in [1.54, 1.807) is 0 Å². The van der Waals surface area contributed by atoms with Crippen LogP contribution >= 0.6 is 0 Å². The van der Waals surface area contributed by atoms with Crippen LogP contribution in [0, 0.1) is 11.8 Å². The Kier molecular flexibility index (Phi) is 6.69. The SMILES string of the molecule is CC(C)CC[C@H](C)NC(=O)CN1CCC(C)CC1. The maximum Gasteiger partial charge on any atom is 0.234 e. The predicted octanol–water partition coefficient (Wildman–Crippen LogP) is 2.66. The molecular weight excluding hydrogens is 224 g/mol. The number of hydrogen-bond acceptors (Lipinski definition) is 2. The number of carbonyl (C=O) groups excluding carboxylic acids is 1. The summed E-state index contributed by atoms with van der Waals surface area (Å²) in [5.41, 5.74) is 0. The zero-order valence-corrected chi connectivity index (χ0v) is 12.5. The monoisotopic (exact) mass is 254 g/mol. The van der Waals surface area contributed by atoms with Crippen LogP contribution < -0.4 is 5.32 Å². The Balaban J connectivity index is 2.16. The number of nitrogens with zero attached hydrogens (tertiary/aromatic N) is 1. The zero-order valence-electron chi connectivity index (χ0n) is 12.5. The van der Waals surface area contributed by atoms with E-state index in [1.165, 1.54) is 19.3 Å². The van der Waals surface area contributed by atoms with E-state index in [1.807, 2.05) is 0 Å². The average molecular weight is 254 g/mol. The lowest BCUT2D eigenvalue weighted by atomic mass is 9.99. The van der Waals surface area contributed by atoms with Gasteiger partial charge in [0.25, 0.3) is 0 Å². The molecule has 0 unspecified atom stereocenters. The van der Waals surface area contributed by atoms with Crippen molar-refractivity contribution in [1.82, 2.24) is 10.2 Å². The largest absolute Gasteiger partial charge is 0.353 e. The van der Waals surface area contributed by atoms with Gasteiger partial charge in [-0.05, 0) is 57.5 Å². The quantitative estimate of drug-likeness (QED) is 0.790. The van der Waals surface area contributed by atoms with Gasteiger partial charge in [0.1, 0.15) is 0 Å². The second kappa shape index (κ2) is 7.78. The van der Waals surface area contributed by atoms with E-state index in [0.717, 1.165) is 25.4 Å². The summed E-state index contributed by atoms with van der Waals surface area (Å²) in [5, 5.41) is 3.11. The number of hydrogen-bond donors (Lipinski definition) is 1. The fraction of sp³-hybridized carbons (Fsp3) is 0.933. The second-order valence-corrected chi connectivity index (χ2v) is 6.40. The molecule has 0 aliphatic carbocycles. The van der Waals surface area contributed by atoms with Crippen LogP contribution in [0.3, 0.4) is 0 Å². The summed E-state index contributed by atoms with van der Waals surface area (Å²) in [7, 11) is 0. The standard InChI is InChI=1S/C15H30N2O/c1-12(2)5-6-14(4)16-15(18)11-17-9-7-13(3)8-10-17/h12-14H,5-11H2,1-4H3,(H,16,18)/t14-/m0/s1.